The number of rotatable bonds is 7. The van der Waals surface area contributed by atoms with E-state index in [4.69, 9.17) is 20.2 Å². The summed E-state index contributed by atoms with van der Waals surface area (Å²) < 4.78 is 25.4. The molecule has 2 fully saturated rings. The lowest BCUT2D eigenvalue weighted by Crippen LogP contribution is -2.66. The molecular formula is C23H36FN7O2. The first kappa shape index (κ1) is 23.7. The topological polar surface area (TPSA) is 109 Å². The fraction of sp³-hybridized carbons (Fsp3) is 0.652. The zero-order chi connectivity index (χ0) is 23.3. The van der Waals surface area contributed by atoms with Crippen LogP contribution in [0.15, 0.2) is 28.2 Å². The van der Waals surface area contributed by atoms with E-state index in [0.29, 0.717) is 30.2 Å². The molecule has 0 amide bonds. The Morgan fingerprint density at radius 2 is 2.09 bits per heavy atom. The van der Waals surface area contributed by atoms with E-state index < -0.39 is 11.8 Å². The second-order valence-corrected chi connectivity index (χ2v) is 8.87. The van der Waals surface area contributed by atoms with Crippen molar-refractivity contribution in [1.29, 1.82) is 0 Å². The van der Waals surface area contributed by atoms with Gasteiger partial charge in [0.2, 0.25) is 11.9 Å². The molecule has 1 saturated heterocycles. The summed E-state index contributed by atoms with van der Waals surface area (Å²) >= 11 is 0. The van der Waals surface area contributed by atoms with Crippen molar-refractivity contribution in [2.75, 3.05) is 32.1 Å². The van der Waals surface area contributed by atoms with Crippen LogP contribution < -0.4 is 26.4 Å². The van der Waals surface area contributed by atoms with Crippen LogP contribution in [0.2, 0.25) is 0 Å². The van der Waals surface area contributed by atoms with E-state index in [1.165, 1.54) is 26.0 Å². The van der Waals surface area contributed by atoms with Gasteiger partial charge in [-0.15, -0.1) is 0 Å². The van der Waals surface area contributed by atoms with E-state index in [1.54, 1.807) is 12.1 Å². The molecule has 1 aromatic carbocycles. The van der Waals surface area contributed by atoms with Crippen LogP contribution >= 0.6 is 0 Å². The minimum atomic E-state index is -1.46. The van der Waals surface area contributed by atoms with Crippen LogP contribution in [-0.4, -0.2) is 61.7 Å². The van der Waals surface area contributed by atoms with Gasteiger partial charge in [-0.25, -0.2) is 4.39 Å². The molecule has 0 spiro atoms. The van der Waals surface area contributed by atoms with Gasteiger partial charge in [0.15, 0.2) is 11.6 Å². The number of guanidine groups is 2. The van der Waals surface area contributed by atoms with Gasteiger partial charge in [-0.1, -0.05) is 26.2 Å². The molecule has 0 aromatic heterocycles. The molecule has 33 heavy (non-hydrogen) atoms. The number of hydrogen-bond acceptors (Lipinski definition) is 7. The summed E-state index contributed by atoms with van der Waals surface area (Å²) in [5, 5.41) is 9.37. The quantitative estimate of drug-likeness (QED) is 0.462. The average Bonchev–Trinajstić information content (AvgIpc) is 3.25. The monoisotopic (exact) mass is 461 g/mol. The number of hydrogen-bond donors (Lipinski definition) is 4. The molecule has 182 valence electrons. The maximum absolute atomic E-state index is 14.2. The number of benzene rings is 1. The summed E-state index contributed by atoms with van der Waals surface area (Å²) in [6.07, 6.45) is 7.71. The molecule has 0 radical (unpaired) electrons. The zero-order valence-electron chi connectivity index (χ0n) is 19.6. The molecule has 0 bridgehead atoms. The number of likely N-dealkylation sites (N-methyl/N-ethyl adjacent to an activating group) is 1. The van der Waals surface area contributed by atoms with Gasteiger partial charge in [0, 0.05) is 17.8 Å². The zero-order valence-corrected chi connectivity index (χ0v) is 19.6. The van der Waals surface area contributed by atoms with Gasteiger partial charge in [0.25, 0.3) is 0 Å². The fourth-order valence-corrected chi connectivity index (χ4v) is 4.76. The van der Waals surface area contributed by atoms with Crippen molar-refractivity contribution in [1.82, 2.24) is 15.5 Å². The molecule has 10 heteroatoms. The first-order valence-electron chi connectivity index (χ1n) is 12.0. The predicted molar refractivity (Wildman–Crippen MR) is 128 cm³/mol. The molecule has 1 aliphatic carbocycles. The number of ether oxygens (including phenoxy) is 2. The third-order valence-electron chi connectivity index (χ3n) is 6.49. The van der Waals surface area contributed by atoms with E-state index in [-0.39, 0.29) is 11.9 Å². The van der Waals surface area contributed by atoms with Gasteiger partial charge >= 0.3 is 5.97 Å². The molecule has 2 unspecified atom stereocenters. The summed E-state index contributed by atoms with van der Waals surface area (Å²) in [4.78, 5) is 11.7. The summed E-state index contributed by atoms with van der Waals surface area (Å²) in [5.41, 5.74) is 7.06. The molecule has 2 heterocycles. The standard InChI is InChI=1S/C23H36FN7O2/c1-3-31-13-7-8-17(31)15-26-21-28-22(27-16-11-12-20(32-2)19(24)14-16)30-23(25,29-21)33-18-9-5-4-6-10-18/h11-12,14,17-18H,3-10,13,15,25H2,1-2H3,(H3,26,27,28,29,30). The molecule has 1 aromatic rings. The maximum Gasteiger partial charge on any atom is 0.303 e. The molecule has 1 saturated carbocycles. The Bertz CT molecular complexity index is 874. The van der Waals surface area contributed by atoms with Crippen LogP contribution in [0.25, 0.3) is 0 Å². The van der Waals surface area contributed by atoms with Gasteiger partial charge < -0.3 is 14.8 Å². The first-order valence-corrected chi connectivity index (χ1v) is 12.0. The van der Waals surface area contributed by atoms with E-state index in [9.17, 15) is 4.39 Å². The molecule has 3 aliphatic rings. The molecule has 2 atom stereocenters. The highest BCUT2D eigenvalue weighted by molar-refractivity contribution is 6.07. The largest absolute Gasteiger partial charge is 0.494 e. The van der Waals surface area contributed by atoms with Gasteiger partial charge in [-0.05, 0) is 50.9 Å². The van der Waals surface area contributed by atoms with Crippen LogP contribution in [0.5, 0.6) is 5.75 Å². The van der Waals surface area contributed by atoms with Crippen molar-refractivity contribution in [2.45, 2.75) is 70.0 Å². The highest BCUT2D eigenvalue weighted by Gasteiger charge is 2.36. The van der Waals surface area contributed by atoms with Crippen molar-refractivity contribution < 1.29 is 13.9 Å². The number of halogens is 1. The number of nitrogens with zero attached hydrogens (tertiary/aromatic N) is 3. The van der Waals surface area contributed by atoms with Crippen molar-refractivity contribution >= 4 is 17.6 Å². The summed E-state index contributed by atoms with van der Waals surface area (Å²) in [6, 6.07) is 5.02. The van der Waals surface area contributed by atoms with Crippen LogP contribution in [0.4, 0.5) is 10.1 Å². The number of nitrogens with one attached hydrogen (secondary N) is 3. The first-order chi connectivity index (χ1) is 16.0. The predicted octanol–water partition coefficient (Wildman–Crippen LogP) is 2.55. The van der Waals surface area contributed by atoms with Crippen LogP contribution in [0.1, 0.15) is 51.9 Å². The smallest absolute Gasteiger partial charge is 0.303 e. The Balaban J connectivity index is 1.52. The van der Waals surface area contributed by atoms with Crippen molar-refractivity contribution in [2.24, 2.45) is 15.7 Å². The Kier molecular flexibility index (Phi) is 7.67. The van der Waals surface area contributed by atoms with E-state index in [1.807, 2.05) is 0 Å². The lowest BCUT2D eigenvalue weighted by Gasteiger charge is -2.37. The van der Waals surface area contributed by atoms with E-state index in [2.05, 4.69) is 32.8 Å². The Morgan fingerprint density at radius 1 is 1.27 bits per heavy atom. The highest BCUT2D eigenvalue weighted by Crippen LogP contribution is 2.25. The average molecular weight is 462 g/mol. The number of likely N-dealkylation sites (tertiary alicyclic amines) is 1. The van der Waals surface area contributed by atoms with Crippen LogP contribution in [0.3, 0.4) is 0 Å². The lowest BCUT2D eigenvalue weighted by atomic mass is 9.98. The number of aliphatic imine (C=N–C) groups is 2. The molecule has 9 nitrogen and oxygen atoms in total. The number of methoxy groups -OCH3 is 1. The highest BCUT2D eigenvalue weighted by atomic mass is 19.1. The lowest BCUT2D eigenvalue weighted by molar-refractivity contribution is -0.108. The summed E-state index contributed by atoms with van der Waals surface area (Å²) in [7, 11) is 1.43. The molecular weight excluding hydrogens is 425 g/mol. The minimum Gasteiger partial charge on any atom is -0.494 e. The number of anilines is 1. The SMILES string of the molecule is CCN1CCCC1CN=C1NC(Nc2ccc(OC)c(F)c2)=NC(N)(OC2CCCCC2)N1. The van der Waals surface area contributed by atoms with Crippen LogP contribution in [-0.2, 0) is 4.74 Å². The minimum absolute atomic E-state index is 0.0319. The molecule has 4 rings (SSSR count). The second-order valence-electron chi connectivity index (χ2n) is 8.87. The Morgan fingerprint density at radius 3 is 2.82 bits per heavy atom. The van der Waals surface area contributed by atoms with Gasteiger partial charge in [-0.3, -0.25) is 26.3 Å². The third-order valence-corrected chi connectivity index (χ3v) is 6.49. The Hall–Kier alpha value is -2.43. The fourth-order valence-electron chi connectivity index (χ4n) is 4.76. The van der Waals surface area contributed by atoms with Gasteiger partial charge in [0.1, 0.15) is 0 Å². The van der Waals surface area contributed by atoms with Crippen molar-refractivity contribution in [3.05, 3.63) is 24.0 Å². The van der Waals surface area contributed by atoms with E-state index in [0.717, 1.165) is 45.2 Å². The summed E-state index contributed by atoms with van der Waals surface area (Å²) in [6.45, 7) is 4.94. The van der Waals surface area contributed by atoms with Crippen LogP contribution in [0, 0.1) is 5.82 Å². The van der Waals surface area contributed by atoms with Crippen molar-refractivity contribution in [3.8, 4) is 5.75 Å². The molecule has 5 N–H and O–H groups in total. The third kappa shape index (κ3) is 6.13. The summed E-state index contributed by atoms with van der Waals surface area (Å²) in [5.74, 6) is -0.922. The molecule has 2 aliphatic heterocycles. The van der Waals surface area contributed by atoms with Gasteiger partial charge in [0.05, 0.1) is 19.8 Å². The Labute approximate surface area is 195 Å². The van der Waals surface area contributed by atoms with Crippen molar-refractivity contribution in [3.63, 3.8) is 0 Å². The number of nitrogens with two attached hydrogens (primary N) is 1. The van der Waals surface area contributed by atoms with E-state index >= 15 is 0 Å². The normalized spacial score (nSPS) is 27.7. The second kappa shape index (κ2) is 10.7. The maximum atomic E-state index is 14.2. The van der Waals surface area contributed by atoms with Gasteiger partial charge in [-0.2, -0.15) is 4.99 Å².